The van der Waals surface area contributed by atoms with Crippen molar-refractivity contribution in [2.75, 3.05) is 5.32 Å². The summed E-state index contributed by atoms with van der Waals surface area (Å²) in [5.41, 5.74) is 0.320. The smallest absolute Gasteiger partial charge is 0.339 e. The van der Waals surface area contributed by atoms with Crippen LogP contribution in [0, 0.1) is 11.3 Å². The fourth-order valence-corrected chi connectivity index (χ4v) is 2.74. The van der Waals surface area contributed by atoms with Gasteiger partial charge in [-0.3, -0.25) is 4.79 Å². The molecule has 116 valence electrons. The monoisotopic (exact) mass is 311 g/mol. The molecule has 0 radical (unpaired) electrons. The fraction of sp³-hybridized carbons (Fsp3) is 0.500. The highest BCUT2D eigenvalue weighted by Gasteiger charge is 2.20. The summed E-state index contributed by atoms with van der Waals surface area (Å²) in [7, 11) is 0. The van der Waals surface area contributed by atoms with Crippen molar-refractivity contribution in [1.82, 2.24) is 0 Å². The van der Waals surface area contributed by atoms with E-state index < -0.39 is 5.97 Å². The Balaban J connectivity index is 2.76. The second-order valence-electron chi connectivity index (χ2n) is 6.59. The van der Waals surface area contributed by atoms with Crippen LogP contribution in [-0.2, 0) is 4.79 Å². The maximum Gasteiger partial charge on any atom is 0.339 e. The highest BCUT2D eigenvalue weighted by molar-refractivity contribution is 6.34. The molecule has 0 bridgehead atoms. The quantitative estimate of drug-likeness (QED) is 0.844. The van der Waals surface area contributed by atoms with Crippen LogP contribution in [0.5, 0.6) is 0 Å². The SMILES string of the molecule is CC(CC(=O)Nc1cccc(Cl)c1C(=O)O)CC(C)(C)C. The normalized spacial score (nSPS) is 12.8. The van der Waals surface area contributed by atoms with Crippen molar-refractivity contribution in [2.24, 2.45) is 11.3 Å². The van der Waals surface area contributed by atoms with Crippen molar-refractivity contribution >= 4 is 29.2 Å². The van der Waals surface area contributed by atoms with Crippen LogP contribution in [0.15, 0.2) is 18.2 Å². The number of carbonyl (C=O) groups excluding carboxylic acids is 1. The summed E-state index contributed by atoms with van der Waals surface area (Å²) >= 11 is 5.87. The average Bonchev–Trinajstić information content (AvgIpc) is 2.24. The van der Waals surface area contributed by atoms with E-state index >= 15 is 0 Å². The lowest BCUT2D eigenvalue weighted by Gasteiger charge is -2.22. The van der Waals surface area contributed by atoms with Crippen molar-refractivity contribution < 1.29 is 14.7 Å². The number of carboxylic acids is 1. The number of anilines is 1. The third-order valence-electron chi connectivity index (χ3n) is 3.00. The number of benzene rings is 1. The van der Waals surface area contributed by atoms with Gasteiger partial charge in [-0.2, -0.15) is 0 Å². The summed E-state index contributed by atoms with van der Waals surface area (Å²) in [6.45, 7) is 8.39. The van der Waals surface area contributed by atoms with Gasteiger partial charge in [0.1, 0.15) is 5.56 Å². The van der Waals surface area contributed by atoms with Gasteiger partial charge in [0.2, 0.25) is 5.91 Å². The van der Waals surface area contributed by atoms with Gasteiger partial charge in [0.15, 0.2) is 0 Å². The lowest BCUT2D eigenvalue weighted by atomic mass is 9.84. The Hall–Kier alpha value is -1.55. The van der Waals surface area contributed by atoms with Gasteiger partial charge >= 0.3 is 5.97 Å². The van der Waals surface area contributed by atoms with Gasteiger partial charge < -0.3 is 10.4 Å². The van der Waals surface area contributed by atoms with Crippen LogP contribution in [-0.4, -0.2) is 17.0 Å². The molecule has 1 rings (SSSR count). The summed E-state index contributed by atoms with van der Waals surface area (Å²) in [5.74, 6) is -1.13. The topological polar surface area (TPSA) is 66.4 Å². The van der Waals surface area contributed by atoms with E-state index in [1.54, 1.807) is 12.1 Å². The number of amides is 1. The second-order valence-corrected chi connectivity index (χ2v) is 7.00. The largest absolute Gasteiger partial charge is 0.478 e. The van der Waals surface area contributed by atoms with Crippen molar-refractivity contribution in [3.63, 3.8) is 0 Å². The Kier molecular flexibility index (Phi) is 5.78. The number of hydrogen-bond acceptors (Lipinski definition) is 2. The van der Waals surface area contributed by atoms with Gasteiger partial charge in [0, 0.05) is 6.42 Å². The molecule has 1 atom stereocenters. The van der Waals surface area contributed by atoms with Gasteiger partial charge in [-0.15, -0.1) is 0 Å². The Morgan fingerprint density at radius 1 is 1.33 bits per heavy atom. The third-order valence-corrected chi connectivity index (χ3v) is 3.31. The van der Waals surface area contributed by atoms with Crippen molar-refractivity contribution in [3.05, 3.63) is 28.8 Å². The predicted octanol–water partition coefficient (Wildman–Crippen LogP) is 4.44. The summed E-state index contributed by atoms with van der Waals surface area (Å²) in [6, 6.07) is 4.65. The molecule has 0 fully saturated rings. The summed E-state index contributed by atoms with van der Waals surface area (Å²) < 4.78 is 0. The first kappa shape index (κ1) is 17.5. The predicted molar refractivity (Wildman–Crippen MR) is 84.9 cm³/mol. The van der Waals surface area contributed by atoms with E-state index in [-0.39, 0.29) is 33.5 Å². The van der Waals surface area contributed by atoms with Gasteiger partial charge in [0.05, 0.1) is 10.7 Å². The Morgan fingerprint density at radius 2 is 1.95 bits per heavy atom. The lowest BCUT2D eigenvalue weighted by Crippen LogP contribution is -2.20. The zero-order valence-electron chi connectivity index (χ0n) is 12.9. The van der Waals surface area contributed by atoms with Gasteiger partial charge in [0.25, 0.3) is 0 Å². The maximum atomic E-state index is 12.0. The number of carboxylic acid groups (broad SMARTS) is 1. The number of halogens is 1. The number of rotatable bonds is 5. The van der Waals surface area contributed by atoms with Crippen molar-refractivity contribution in [2.45, 2.75) is 40.5 Å². The molecule has 4 nitrogen and oxygen atoms in total. The summed E-state index contributed by atoms with van der Waals surface area (Å²) in [4.78, 5) is 23.2. The van der Waals surface area contributed by atoms with E-state index in [2.05, 4.69) is 26.1 Å². The van der Waals surface area contributed by atoms with Crippen LogP contribution in [0.4, 0.5) is 5.69 Å². The molecule has 21 heavy (non-hydrogen) atoms. The molecular formula is C16H22ClNO3. The Labute approximate surface area is 130 Å². The van der Waals surface area contributed by atoms with E-state index in [9.17, 15) is 9.59 Å². The molecule has 5 heteroatoms. The number of nitrogens with one attached hydrogen (secondary N) is 1. The maximum absolute atomic E-state index is 12.0. The Bertz CT molecular complexity index is 535. The minimum Gasteiger partial charge on any atom is -0.478 e. The molecule has 0 heterocycles. The van der Waals surface area contributed by atoms with Crippen LogP contribution in [0.25, 0.3) is 0 Å². The molecule has 0 aliphatic heterocycles. The molecule has 2 N–H and O–H groups in total. The standard InChI is InChI=1S/C16H22ClNO3/c1-10(9-16(2,3)4)8-13(19)18-12-7-5-6-11(17)14(12)15(20)21/h5-7,10H,8-9H2,1-4H3,(H,18,19)(H,20,21). The molecular weight excluding hydrogens is 290 g/mol. The van der Waals surface area contributed by atoms with Crippen molar-refractivity contribution in [3.8, 4) is 0 Å². The highest BCUT2D eigenvalue weighted by atomic mass is 35.5. The summed E-state index contributed by atoms with van der Waals surface area (Å²) in [5, 5.41) is 11.9. The van der Waals surface area contributed by atoms with Crippen LogP contribution in [0.3, 0.4) is 0 Å². The molecule has 0 aliphatic rings. The molecule has 0 saturated carbocycles. The van der Waals surface area contributed by atoms with Gasteiger partial charge in [-0.05, 0) is 29.9 Å². The fourth-order valence-electron chi connectivity index (χ4n) is 2.48. The molecule has 0 aromatic heterocycles. The van der Waals surface area contributed by atoms with Crippen molar-refractivity contribution in [1.29, 1.82) is 0 Å². The average molecular weight is 312 g/mol. The third kappa shape index (κ3) is 5.76. The van der Waals surface area contributed by atoms with Gasteiger partial charge in [-0.1, -0.05) is 45.4 Å². The number of carbonyl (C=O) groups is 2. The number of hydrogen-bond donors (Lipinski definition) is 2. The van der Waals surface area contributed by atoms with Crippen LogP contribution in [0.1, 0.15) is 50.9 Å². The van der Waals surface area contributed by atoms with E-state index in [4.69, 9.17) is 16.7 Å². The molecule has 1 aromatic rings. The zero-order valence-corrected chi connectivity index (χ0v) is 13.6. The van der Waals surface area contributed by atoms with E-state index in [0.29, 0.717) is 6.42 Å². The first-order valence-electron chi connectivity index (χ1n) is 6.92. The first-order chi connectivity index (χ1) is 9.60. The van der Waals surface area contributed by atoms with Crippen LogP contribution < -0.4 is 5.32 Å². The number of aromatic carboxylic acids is 1. The molecule has 1 amide bonds. The minimum absolute atomic E-state index is 0.0732. The molecule has 0 aliphatic carbocycles. The first-order valence-corrected chi connectivity index (χ1v) is 7.29. The van der Waals surface area contributed by atoms with E-state index in [1.165, 1.54) is 6.07 Å². The van der Waals surface area contributed by atoms with E-state index in [1.807, 2.05) is 6.92 Å². The van der Waals surface area contributed by atoms with E-state index in [0.717, 1.165) is 6.42 Å². The zero-order chi connectivity index (χ0) is 16.2. The molecule has 1 aromatic carbocycles. The van der Waals surface area contributed by atoms with Gasteiger partial charge in [-0.25, -0.2) is 4.79 Å². The summed E-state index contributed by atoms with van der Waals surface area (Å²) in [6.07, 6.45) is 1.27. The lowest BCUT2D eigenvalue weighted by molar-refractivity contribution is -0.117. The van der Waals surface area contributed by atoms with Crippen LogP contribution >= 0.6 is 11.6 Å². The Morgan fingerprint density at radius 3 is 2.48 bits per heavy atom. The molecule has 0 saturated heterocycles. The highest BCUT2D eigenvalue weighted by Crippen LogP contribution is 2.27. The molecule has 0 spiro atoms. The second kappa shape index (κ2) is 6.94. The van der Waals surface area contributed by atoms with Crippen LogP contribution in [0.2, 0.25) is 5.02 Å². The minimum atomic E-state index is -1.15. The molecule has 1 unspecified atom stereocenters.